The first-order valence-corrected chi connectivity index (χ1v) is 9.37. The Labute approximate surface area is 160 Å². The van der Waals surface area contributed by atoms with Gasteiger partial charge < -0.3 is 24.2 Å². The van der Waals surface area contributed by atoms with Crippen LogP contribution in [0.3, 0.4) is 0 Å². The average Bonchev–Trinajstić information content (AvgIpc) is 2.67. The molecule has 1 unspecified atom stereocenters. The van der Waals surface area contributed by atoms with Crippen LogP contribution in [0.5, 0.6) is 11.5 Å². The minimum absolute atomic E-state index is 0.0434. The summed E-state index contributed by atoms with van der Waals surface area (Å²) in [6, 6.07) is 7.44. The number of carbonyl (C=O) groups is 2. The van der Waals surface area contributed by atoms with Crippen LogP contribution in [0.25, 0.3) is 0 Å². The van der Waals surface area contributed by atoms with Crippen LogP contribution in [-0.4, -0.2) is 61.9 Å². The maximum Gasteiger partial charge on any atom is 0.313 e. The highest BCUT2D eigenvalue weighted by Gasteiger charge is 2.43. The van der Waals surface area contributed by atoms with Gasteiger partial charge in [0.1, 0.15) is 5.41 Å². The smallest absolute Gasteiger partial charge is 0.313 e. The molecule has 2 rings (SSSR count). The molecule has 0 saturated carbocycles. The fourth-order valence-corrected chi connectivity index (χ4v) is 3.38. The van der Waals surface area contributed by atoms with Gasteiger partial charge in [-0.1, -0.05) is 12.1 Å². The van der Waals surface area contributed by atoms with Gasteiger partial charge in [0.25, 0.3) is 0 Å². The molecular formula is C20H29NO6. The van der Waals surface area contributed by atoms with Crippen LogP contribution >= 0.6 is 0 Å². The van der Waals surface area contributed by atoms with Crippen LogP contribution in [0.15, 0.2) is 24.3 Å². The number of amides is 1. The first-order chi connectivity index (χ1) is 13.0. The number of hydrogen-bond donors (Lipinski definition) is 1. The third kappa shape index (κ3) is 5.60. The van der Waals surface area contributed by atoms with Crippen molar-refractivity contribution < 1.29 is 28.9 Å². The summed E-state index contributed by atoms with van der Waals surface area (Å²) in [4.78, 5) is 25.8. The minimum Gasteiger partial charge on any atom is -0.490 e. The van der Waals surface area contributed by atoms with Gasteiger partial charge in [-0.3, -0.25) is 9.59 Å². The maximum atomic E-state index is 12.5. The Morgan fingerprint density at radius 2 is 1.93 bits per heavy atom. The highest BCUT2D eigenvalue weighted by Crippen LogP contribution is 2.31. The number of hydrogen-bond acceptors (Lipinski definition) is 5. The van der Waals surface area contributed by atoms with Crippen molar-refractivity contribution in [1.82, 2.24) is 4.90 Å². The van der Waals surface area contributed by atoms with E-state index in [2.05, 4.69) is 0 Å². The summed E-state index contributed by atoms with van der Waals surface area (Å²) in [5, 5.41) is 9.58. The van der Waals surface area contributed by atoms with Crippen LogP contribution in [0.2, 0.25) is 0 Å². The number of ether oxygens (including phenoxy) is 3. The fraction of sp³-hybridized carbons (Fsp3) is 0.600. The van der Waals surface area contributed by atoms with Gasteiger partial charge in [0.15, 0.2) is 11.5 Å². The summed E-state index contributed by atoms with van der Waals surface area (Å²) < 4.78 is 16.3. The molecule has 1 atom stereocenters. The van der Waals surface area contributed by atoms with Crippen LogP contribution < -0.4 is 9.47 Å². The average molecular weight is 379 g/mol. The van der Waals surface area contributed by atoms with Crippen molar-refractivity contribution in [2.24, 2.45) is 5.41 Å². The number of benzene rings is 1. The van der Waals surface area contributed by atoms with E-state index < -0.39 is 11.4 Å². The lowest BCUT2D eigenvalue weighted by atomic mass is 9.80. The third-order valence-corrected chi connectivity index (χ3v) is 4.75. The minimum atomic E-state index is -1.00. The summed E-state index contributed by atoms with van der Waals surface area (Å²) in [7, 11) is 1.49. The van der Waals surface area contributed by atoms with Crippen molar-refractivity contribution >= 4 is 11.9 Å². The molecule has 0 aliphatic carbocycles. The quantitative estimate of drug-likeness (QED) is 0.629. The number of likely N-dealkylation sites (tertiary alicyclic amines) is 1. The van der Waals surface area contributed by atoms with Gasteiger partial charge in [-0.25, -0.2) is 0 Å². The molecule has 1 amide bonds. The zero-order valence-electron chi connectivity index (χ0n) is 16.1. The van der Waals surface area contributed by atoms with E-state index in [1.54, 1.807) is 4.90 Å². The normalized spacial score (nSPS) is 19.6. The summed E-state index contributed by atoms with van der Waals surface area (Å²) >= 11 is 0. The molecule has 1 aliphatic rings. The number of aliphatic carboxylic acids is 1. The van der Waals surface area contributed by atoms with Gasteiger partial charge in [-0.05, 0) is 38.3 Å². The standard InChI is InChI=1S/C20H29NO6/c1-3-26-16-8-4-5-9-17(16)27-13-6-10-18(22)21-12-7-11-20(14-21,15-25-2)19(23)24/h4-5,8-9H,3,6-7,10-15H2,1-2H3,(H,23,24). The third-order valence-electron chi connectivity index (χ3n) is 4.75. The van der Waals surface area contributed by atoms with Gasteiger partial charge >= 0.3 is 5.97 Å². The van der Waals surface area contributed by atoms with E-state index >= 15 is 0 Å². The van der Waals surface area contributed by atoms with Crippen LogP contribution in [-0.2, 0) is 14.3 Å². The van der Waals surface area contributed by atoms with Crippen molar-refractivity contribution in [2.75, 3.05) is 40.0 Å². The van der Waals surface area contributed by atoms with Crippen molar-refractivity contribution in [2.45, 2.75) is 32.6 Å². The Morgan fingerprint density at radius 3 is 2.56 bits per heavy atom. The largest absolute Gasteiger partial charge is 0.490 e. The summed E-state index contributed by atoms with van der Waals surface area (Å²) in [6.07, 6.45) is 2.07. The number of nitrogens with zero attached hydrogens (tertiary/aromatic N) is 1. The number of carbonyl (C=O) groups excluding carboxylic acids is 1. The van der Waals surface area contributed by atoms with E-state index in [4.69, 9.17) is 14.2 Å². The predicted octanol–water partition coefficient (Wildman–Crippen LogP) is 2.58. The second-order valence-electron chi connectivity index (χ2n) is 6.77. The van der Waals surface area contributed by atoms with Crippen molar-refractivity contribution in [3.05, 3.63) is 24.3 Å². The molecule has 1 fully saturated rings. The Kier molecular flexibility index (Phi) is 7.91. The molecule has 150 valence electrons. The molecular weight excluding hydrogens is 350 g/mol. The van der Waals surface area contributed by atoms with Crippen LogP contribution in [0.4, 0.5) is 0 Å². The molecule has 1 heterocycles. The first-order valence-electron chi connectivity index (χ1n) is 9.37. The van der Waals surface area contributed by atoms with Crippen molar-refractivity contribution in [3.63, 3.8) is 0 Å². The van der Waals surface area contributed by atoms with E-state index in [-0.39, 0.29) is 19.1 Å². The topological polar surface area (TPSA) is 85.3 Å². The second-order valence-corrected chi connectivity index (χ2v) is 6.77. The van der Waals surface area contributed by atoms with E-state index in [1.807, 2.05) is 31.2 Å². The van der Waals surface area contributed by atoms with Gasteiger partial charge in [0.2, 0.25) is 5.91 Å². The summed E-state index contributed by atoms with van der Waals surface area (Å²) in [5.74, 6) is 0.402. The summed E-state index contributed by atoms with van der Waals surface area (Å²) in [6.45, 7) is 3.76. The summed E-state index contributed by atoms with van der Waals surface area (Å²) in [5.41, 5.74) is -1.00. The lowest BCUT2D eigenvalue weighted by Crippen LogP contribution is -2.52. The molecule has 0 aromatic heterocycles. The number of para-hydroxylation sites is 2. The molecule has 1 saturated heterocycles. The van der Waals surface area contributed by atoms with Crippen molar-refractivity contribution in [3.8, 4) is 11.5 Å². The molecule has 7 nitrogen and oxygen atoms in total. The van der Waals surface area contributed by atoms with Crippen LogP contribution in [0, 0.1) is 5.41 Å². The molecule has 7 heteroatoms. The maximum absolute atomic E-state index is 12.5. The molecule has 1 N–H and O–H groups in total. The highest BCUT2D eigenvalue weighted by atomic mass is 16.5. The lowest BCUT2D eigenvalue weighted by Gasteiger charge is -2.39. The predicted molar refractivity (Wildman–Crippen MR) is 100 cm³/mol. The van der Waals surface area contributed by atoms with Gasteiger partial charge in [-0.2, -0.15) is 0 Å². The molecule has 0 bridgehead atoms. The molecule has 1 aromatic rings. The monoisotopic (exact) mass is 379 g/mol. The zero-order chi connectivity index (χ0) is 19.7. The van der Waals surface area contributed by atoms with E-state index in [0.29, 0.717) is 56.9 Å². The number of piperidine rings is 1. The number of rotatable bonds is 10. The SMILES string of the molecule is CCOc1ccccc1OCCCC(=O)N1CCCC(COC)(C(=O)O)C1. The number of carboxylic acids is 1. The molecule has 0 spiro atoms. The fourth-order valence-electron chi connectivity index (χ4n) is 3.38. The lowest BCUT2D eigenvalue weighted by molar-refractivity contribution is -0.159. The van der Waals surface area contributed by atoms with E-state index in [9.17, 15) is 14.7 Å². The molecule has 27 heavy (non-hydrogen) atoms. The Hall–Kier alpha value is -2.28. The van der Waals surface area contributed by atoms with Crippen molar-refractivity contribution in [1.29, 1.82) is 0 Å². The Bertz CT molecular complexity index is 631. The zero-order valence-corrected chi connectivity index (χ0v) is 16.1. The number of methoxy groups -OCH3 is 1. The number of carboxylic acid groups (broad SMARTS) is 1. The van der Waals surface area contributed by atoms with E-state index in [1.165, 1.54) is 7.11 Å². The van der Waals surface area contributed by atoms with E-state index in [0.717, 1.165) is 0 Å². The molecule has 0 radical (unpaired) electrons. The van der Waals surface area contributed by atoms with Gasteiger partial charge in [0, 0.05) is 26.6 Å². The Morgan fingerprint density at radius 1 is 1.22 bits per heavy atom. The second kappa shape index (κ2) is 10.2. The molecule has 1 aromatic carbocycles. The molecule has 1 aliphatic heterocycles. The van der Waals surface area contributed by atoms with Crippen LogP contribution in [0.1, 0.15) is 32.6 Å². The highest BCUT2D eigenvalue weighted by molar-refractivity contribution is 5.79. The van der Waals surface area contributed by atoms with Gasteiger partial charge in [-0.15, -0.1) is 0 Å². The van der Waals surface area contributed by atoms with Gasteiger partial charge in [0.05, 0.1) is 19.8 Å². The Balaban J connectivity index is 1.83. The first kappa shape index (κ1) is 21.0.